The number of quaternary nitrogens is 1. The monoisotopic (exact) mass is 288 g/mol. The van der Waals surface area contributed by atoms with Gasteiger partial charge in [0.2, 0.25) is 0 Å². The van der Waals surface area contributed by atoms with Crippen molar-refractivity contribution in [3.8, 4) is 0 Å². The highest BCUT2D eigenvalue weighted by atomic mass is 16.2. The van der Waals surface area contributed by atoms with Gasteiger partial charge in [-0.3, -0.25) is 4.79 Å². The van der Waals surface area contributed by atoms with Crippen LogP contribution in [0.1, 0.15) is 31.7 Å². The van der Waals surface area contributed by atoms with Crippen LogP contribution in [0, 0.1) is 0 Å². The van der Waals surface area contributed by atoms with E-state index in [1.165, 1.54) is 22.6 Å². The van der Waals surface area contributed by atoms with Gasteiger partial charge in [0.15, 0.2) is 6.67 Å². The Morgan fingerprint density at radius 2 is 1.86 bits per heavy atom. The fraction of sp³-hybridized carbons (Fsp3) is 0.500. The Balaban J connectivity index is 1.87. The molecule has 1 atom stereocenters. The standard InChI is InChI=1S/C16H21N3O2/c1-2-16(13-8-4-3-5-9-13)14(20)19(15(21)17-16)12-18-10-6-7-11-18/h3-5,8-9H,2,6-7,10-12H2,1H3,(H,17,21)/p+1/t16-/m1/s1. The first-order chi connectivity index (χ1) is 10.2. The molecule has 5 nitrogen and oxygen atoms in total. The van der Waals surface area contributed by atoms with Crippen LogP contribution in [0.5, 0.6) is 0 Å². The van der Waals surface area contributed by atoms with E-state index in [-0.39, 0.29) is 11.9 Å². The lowest BCUT2D eigenvalue weighted by Crippen LogP contribution is -3.11. The van der Waals surface area contributed by atoms with Gasteiger partial charge in [0.1, 0.15) is 5.54 Å². The van der Waals surface area contributed by atoms with E-state index >= 15 is 0 Å². The molecule has 112 valence electrons. The second-order valence-electron chi connectivity index (χ2n) is 5.90. The third kappa shape index (κ3) is 2.31. The zero-order chi connectivity index (χ0) is 14.9. The van der Waals surface area contributed by atoms with E-state index in [0.29, 0.717) is 13.1 Å². The number of hydrogen-bond acceptors (Lipinski definition) is 2. The number of likely N-dealkylation sites (tertiary alicyclic amines) is 1. The van der Waals surface area contributed by atoms with Crippen LogP contribution in [-0.4, -0.2) is 36.6 Å². The number of carbonyl (C=O) groups is 2. The second kappa shape index (κ2) is 5.48. The largest absolute Gasteiger partial charge is 0.329 e. The van der Waals surface area contributed by atoms with Crippen LogP contribution in [-0.2, 0) is 10.3 Å². The molecular formula is C16H22N3O2+. The summed E-state index contributed by atoms with van der Waals surface area (Å²) in [5.41, 5.74) is -0.0258. The second-order valence-corrected chi connectivity index (χ2v) is 5.90. The van der Waals surface area contributed by atoms with E-state index in [0.717, 1.165) is 18.7 Å². The third-order valence-corrected chi connectivity index (χ3v) is 4.67. The van der Waals surface area contributed by atoms with Crippen molar-refractivity contribution in [2.75, 3.05) is 19.8 Å². The van der Waals surface area contributed by atoms with Crippen molar-refractivity contribution in [1.82, 2.24) is 10.2 Å². The first kappa shape index (κ1) is 14.1. The normalized spacial score (nSPS) is 26.4. The van der Waals surface area contributed by atoms with Crippen LogP contribution in [0.15, 0.2) is 30.3 Å². The Kier molecular flexibility index (Phi) is 3.68. The van der Waals surface area contributed by atoms with Gasteiger partial charge < -0.3 is 10.2 Å². The highest BCUT2D eigenvalue weighted by molar-refractivity contribution is 6.07. The van der Waals surface area contributed by atoms with E-state index in [2.05, 4.69) is 5.32 Å². The molecule has 2 aliphatic heterocycles. The Labute approximate surface area is 124 Å². The summed E-state index contributed by atoms with van der Waals surface area (Å²) >= 11 is 0. The minimum atomic E-state index is -0.891. The van der Waals surface area contributed by atoms with Gasteiger partial charge in [0, 0.05) is 12.8 Å². The molecule has 3 rings (SSSR count). The smallest absolute Gasteiger partial charge is 0.319 e. The maximum absolute atomic E-state index is 12.9. The number of benzene rings is 1. The number of urea groups is 1. The van der Waals surface area contributed by atoms with Crippen molar-refractivity contribution in [2.24, 2.45) is 0 Å². The average Bonchev–Trinajstić information content (AvgIpc) is 3.11. The van der Waals surface area contributed by atoms with Crippen LogP contribution in [0.2, 0.25) is 0 Å². The molecular weight excluding hydrogens is 266 g/mol. The number of nitrogens with zero attached hydrogens (tertiary/aromatic N) is 1. The molecule has 21 heavy (non-hydrogen) atoms. The molecule has 3 amide bonds. The SMILES string of the molecule is CC[C@]1(c2ccccc2)NC(=O)N(C[NH+]2CCCC2)C1=O. The van der Waals surface area contributed by atoms with Gasteiger partial charge >= 0.3 is 6.03 Å². The molecule has 0 aliphatic carbocycles. The van der Waals surface area contributed by atoms with Crippen molar-refractivity contribution in [2.45, 2.75) is 31.7 Å². The molecule has 2 N–H and O–H groups in total. The van der Waals surface area contributed by atoms with Gasteiger partial charge in [0.05, 0.1) is 13.1 Å². The Bertz CT molecular complexity index is 540. The third-order valence-electron chi connectivity index (χ3n) is 4.67. The minimum absolute atomic E-state index is 0.111. The van der Waals surface area contributed by atoms with Gasteiger partial charge in [-0.05, 0) is 12.0 Å². The molecule has 1 aromatic carbocycles. The van der Waals surface area contributed by atoms with Crippen molar-refractivity contribution in [3.05, 3.63) is 35.9 Å². The van der Waals surface area contributed by atoms with Crippen LogP contribution < -0.4 is 10.2 Å². The lowest BCUT2D eigenvalue weighted by molar-refractivity contribution is -0.894. The summed E-state index contributed by atoms with van der Waals surface area (Å²) in [6, 6.07) is 9.29. The van der Waals surface area contributed by atoms with Gasteiger partial charge in [-0.2, -0.15) is 0 Å². The summed E-state index contributed by atoms with van der Waals surface area (Å²) in [5, 5.41) is 2.93. The van der Waals surface area contributed by atoms with Crippen molar-refractivity contribution in [1.29, 1.82) is 0 Å². The predicted octanol–water partition coefficient (Wildman–Crippen LogP) is 0.480. The van der Waals surface area contributed by atoms with Crippen LogP contribution in [0.3, 0.4) is 0 Å². The average molecular weight is 288 g/mol. The number of nitrogens with one attached hydrogen (secondary N) is 2. The number of hydrogen-bond donors (Lipinski definition) is 2. The number of carbonyl (C=O) groups excluding carboxylic acids is 2. The van der Waals surface area contributed by atoms with Crippen molar-refractivity contribution < 1.29 is 14.5 Å². The van der Waals surface area contributed by atoms with Gasteiger partial charge in [0.25, 0.3) is 5.91 Å². The fourth-order valence-corrected chi connectivity index (χ4v) is 3.39. The van der Waals surface area contributed by atoms with E-state index in [1.807, 2.05) is 37.3 Å². The molecule has 1 aromatic rings. The summed E-state index contributed by atoms with van der Waals surface area (Å²) in [7, 11) is 0. The lowest BCUT2D eigenvalue weighted by Gasteiger charge is -2.26. The molecule has 5 heteroatoms. The first-order valence-corrected chi connectivity index (χ1v) is 7.70. The zero-order valence-corrected chi connectivity index (χ0v) is 12.4. The van der Waals surface area contributed by atoms with E-state index in [1.54, 1.807) is 0 Å². The Morgan fingerprint density at radius 1 is 1.19 bits per heavy atom. The van der Waals surface area contributed by atoms with E-state index < -0.39 is 5.54 Å². The maximum Gasteiger partial charge on any atom is 0.329 e. The van der Waals surface area contributed by atoms with Crippen LogP contribution in [0.4, 0.5) is 4.79 Å². The van der Waals surface area contributed by atoms with Crippen LogP contribution >= 0.6 is 0 Å². The summed E-state index contributed by atoms with van der Waals surface area (Å²) in [4.78, 5) is 27.9. The first-order valence-electron chi connectivity index (χ1n) is 7.70. The molecule has 0 aromatic heterocycles. The van der Waals surface area contributed by atoms with Crippen LogP contribution in [0.25, 0.3) is 0 Å². The van der Waals surface area contributed by atoms with Gasteiger partial charge in [-0.15, -0.1) is 0 Å². The van der Waals surface area contributed by atoms with Gasteiger partial charge in [-0.1, -0.05) is 37.3 Å². The molecule has 2 saturated heterocycles. The van der Waals surface area contributed by atoms with Crippen molar-refractivity contribution >= 4 is 11.9 Å². The molecule has 0 bridgehead atoms. The lowest BCUT2D eigenvalue weighted by atomic mass is 9.87. The zero-order valence-electron chi connectivity index (χ0n) is 12.4. The molecule has 0 saturated carbocycles. The number of imide groups is 1. The molecule has 2 aliphatic rings. The molecule has 0 radical (unpaired) electrons. The quantitative estimate of drug-likeness (QED) is 0.792. The fourth-order valence-electron chi connectivity index (χ4n) is 3.39. The number of rotatable bonds is 4. The minimum Gasteiger partial charge on any atom is -0.319 e. The highest BCUT2D eigenvalue weighted by Gasteiger charge is 2.52. The van der Waals surface area contributed by atoms with E-state index in [9.17, 15) is 9.59 Å². The summed E-state index contributed by atoms with van der Waals surface area (Å²) in [6.45, 7) is 4.51. The topological polar surface area (TPSA) is 53.9 Å². The number of amides is 3. The maximum atomic E-state index is 12.9. The molecule has 2 heterocycles. The molecule has 0 unspecified atom stereocenters. The highest BCUT2D eigenvalue weighted by Crippen LogP contribution is 2.31. The predicted molar refractivity (Wildman–Crippen MR) is 78.6 cm³/mol. The Hall–Kier alpha value is -1.88. The molecule has 2 fully saturated rings. The Morgan fingerprint density at radius 3 is 2.48 bits per heavy atom. The van der Waals surface area contributed by atoms with Gasteiger partial charge in [-0.25, -0.2) is 9.69 Å². The molecule has 0 spiro atoms. The summed E-state index contributed by atoms with van der Waals surface area (Å²) < 4.78 is 0. The summed E-state index contributed by atoms with van der Waals surface area (Å²) in [5.74, 6) is -0.111. The van der Waals surface area contributed by atoms with Crippen molar-refractivity contribution in [3.63, 3.8) is 0 Å². The van der Waals surface area contributed by atoms with E-state index in [4.69, 9.17) is 0 Å². The summed E-state index contributed by atoms with van der Waals surface area (Å²) in [6.07, 6.45) is 2.92.